The lowest BCUT2D eigenvalue weighted by atomic mass is 9.94. The maximum absolute atomic E-state index is 11.3. The van der Waals surface area contributed by atoms with Gasteiger partial charge in [0.05, 0.1) is 12.3 Å². The Morgan fingerprint density at radius 1 is 1.43 bits per heavy atom. The highest BCUT2D eigenvalue weighted by Crippen LogP contribution is 2.18. The van der Waals surface area contributed by atoms with Crippen LogP contribution in [0.25, 0.3) is 0 Å². The van der Waals surface area contributed by atoms with Crippen molar-refractivity contribution in [3.05, 3.63) is 0 Å². The Kier molecular flexibility index (Phi) is 4.54. The molecule has 0 heterocycles. The molecule has 0 aromatic heterocycles. The number of nitrogens with one attached hydrogen (secondary N) is 2. The lowest BCUT2D eigenvalue weighted by Crippen LogP contribution is -2.35. The summed E-state index contributed by atoms with van der Waals surface area (Å²) in [6.45, 7) is 5.83. The fourth-order valence-electron chi connectivity index (χ4n) is 0.700. The molecule has 0 unspecified atom stereocenters. The van der Waals surface area contributed by atoms with E-state index in [0.29, 0.717) is 6.42 Å². The molecule has 0 aromatic rings. The molecular weight excluding hydrogens is 202 g/mol. The predicted molar refractivity (Wildman–Crippen MR) is 57.8 cm³/mol. The summed E-state index contributed by atoms with van der Waals surface area (Å²) in [5.74, 6) is -0.103. The summed E-state index contributed by atoms with van der Waals surface area (Å²) in [5.41, 5.74) is 5.03. The Morgan fingerprint density at radius 2 is 1.93 bits per heavy atom. The minimum atomic E-state index is -3.28. The molecule has 0 atom stereocenters. The molecule has 84 valence electrons. The SMILES string of the molecule is CC(C)(C)CCS(=O)(=O)NCC(=N)N. The molecule has 6 heteroatoms. The van der Waals surface area contributed by atoms with Crippen LogP contribution in [0.15, 0.2) is 0 Å². The van der Waals surface area contributed by atoms with E-state index >= 15 is 0 Å². The highest BCUT2D eigenvalue weighted by Gasteiger charge is 2.16. The van der Waals surface area contributed by atoms with Crippen LogP contribution in [0.3, 0.4) is 0 Å². The van der Waals surface area contributed by atoms with Gasteiger partial charge in [-0.1, -0.05) is 20.8 Å². The highest BCUT2D eigenvalue weighted by molar-refractivity contribution is 7.89. The summed E-state index contributed by atoms with van der Waals surface area (Å²) >= 11 is 0. The molecule has 0 amide bonds. The van der Waals surface area contributed by atoms with Crippen molar-refractivity contribution in [3.8, 4) is 0 Å². The Labute approximate surface area is 85.6 Å². The molecular formula is C8H19N3O2S. The first-order valence-electron chi connectivity index (χ1n) is 4.43. The molecule has 0 rings (SSSR count). The lowest BCUT2D eigenvalue weighted by Gasteiger charge is -2.17. The summed E-state index contributed by atoms with van der Waals surface area (Å²) in [7, 11) is -3.28. The first-order chi connectivity index (χ1) is 6.12. The monoisotopic (exact) mass is 221 g/mol. The van der Waals surface area contributed by atoms with Crippen molar-refractivity contribution in [2.45, 2.75) is 27.2 Å². The minimum absolute atomic E-state index is 0.00895. The van der Waals surface area contributed by atoms with Gasteiger partial charge >= 0.3 is 0 Å². The van der Waals surface area contributed by atoms with Crippen molar-refractivity contribution in [2.75, 3.05) is 12.3 Å². The Morgan fingerprint density at radius 3 is 2.29 bits per heavy atom. The Hall–Kier alpha value is -0.620. The number of nitrogens with two attached hydrogens (primary N) is 1. The van der Waals surface area contributed by atoms with Gasteiger partial charge in [-0.25, -0.2) is 13.1 Å². The van der Waals surface area contributed by atoms with E-state index < -0.39 is 10.0 Å². The molecule has 4 N–H and O–H groups in total. The zero-order chi connectivity index (χ0) is 11.4. The highest BCUT2D eigenvalue weighted by atomic mass is 32.2. The van der Waals surface area contributed by atoms with E-state index in [4.69, 9.17) is 11.1 Å². The smallest absolute Gasteiger partial charge is 0.212 e. The Bertz CT molecular complexity index is 290. The van der Waals surface area contributed by atoms with E-state index in [2.05, 4.69) is 4.72 Å². The van der Waals surface area contributed by atoms with E-state index in [0.717, 1.165) is 0 Å². The van der Waals surface area contributed by atoms with Gasteiger partial charge in [0.2, 0.25) is 10.0 Å². The fourth-order valence-corrected chi connectivity index (χ4v) is 2.10. The molecule has 0 saturated heterocycles. The molecule has 5 nitrogen and oxygen atoms in total. The normalized spacial score (nSPS) is 12.8. The van der Waals surface area contributed by atoms with Crippen LogP contribution in [0.1, 0.15) is 27.2 Å². The van der Waals surface area contributed by atoms with Gasteiger partial charge in [0.25, 0.3) is 0 Å². The standard InChI is InChI=1S/C8H19N3O2S/c1-8(2,3)4-5-14(12,13)11-6-7(9)10/h11H,4-6H2,1-3H3,(H3,9,10). The van der Waals surface area contributed by atoms with Gasteiger partial charge in [-0.05, 0) is 11.8 Å². The molecule has 0 aromatic carbocycles. The average Bonchev–Trinajstić information content (AvgIpc) is 1.97. The second kappa shape index (κ2) is 4.75. The second-order valence-corrected chi connectivity index (χ2v) is 6.40. The van der Waals surface area contributed by atoms with E-state index in [1.807, 2.05) is 20.8 Å². The molecule has 0 saturated carbocycles. The van der Waals surface area contributed by atoms with Crippen LogP contribution in [0.2, 0.25) is 0 Å². The molecule has 14 heavy (non-hydrogen) atoms. The Balaban J connectivity index is 4.03. The van der Waals surface area contributed by atoms with Crippen LogP contribution in [0, 0.1) is 10.8 Å². The second-order valence-electron chi connectivity index (χ2n) is 4.48. The number of amidine groups is 1. The van der Waals surface area contributed by atoms with Crippen LogP contribution in [-0.2, 0) is 10.0 Å². The third kappa shape index (κ3) is 8.00. The fraction of sp³-hybridized carbons (Fsp3) is 0.875. The third-order valence-corrected chi connectivity index (χ3v) is 2.93. The molecule has 0 bridgehead atoms. The van der Waals surface area contributed by atoms with E-state index in [-0.39, 0.29) is 23.5 Å². The van der Waals surface area contributed by atoms with Gasteiger partial charge in [-0.3, -0.25) is 5.41 Å². The maximum atomic E-state index is 11.3. The van der Waals surface area contributed by atoms with Gasteiger partial charge in [-0.15, -0.1) is 0 Å². The first kappa shape index (κ1) is 13.4. The minimum Gasteiger partial charge on any atom is -0.387 e. The van der Waals surface area contributed by atoms with Crippen LogP contribution < -0.4 is 10.5 Å². The maximum Gasteiger partial charge on any atom is 0.212 e. The summed E-state index contributed by atoms with van der Waals surface area (Å²) in [6, 6.07) is 0. The van der Waals surface area contributed by atoms with Crippen LogP contribution in [0.5, 0.6) is 0 Å². The van der Waals surface area contributed by atoms with E-state index in [1.165, 1.54) is 0 Å². The quantitative estimate of drug-likeness (QED) is 0.459. The predicted octanol–water partition coefficient (Wildman–Crippen LogP) is 0.278. The largest absolute Gasteiger partial charge is 0.387 e. The van der Waals surface area contributed by atoms with Crippen LogP contribution in [-0.4, -0.2) is 26.6 Å². The van der Waals surface area contributed by atoms with Crippen molar-refractivity contribution in [3.63, 3.8) is 0 Å². The molecule has 0 aliphatic heterocycles. The molecule has 0 radical (unpaired) electrons. The van der Waals surface area contributed by atoms with Gasteiger partial charge in [0, 0.05) is 0 Å². The number of sulfonamides is 1. The van der Waals surface area contributed by atoms with Gasteiger partial charge < -0.3 is 5.73 Å². The van der Waals surface area contributed by atoms with Crippen LogP contribution in [0.4, 0.5) is 0 Å². The number of hydrogen-bond donors (Lipinski definition) is 3. The van der Waals surface area contributed by atoms with Gasteiger partial charge in [-0.2, -0.15) is 0 Å². The summed E-state index contributed by atoms with van der Waals surface area (Å²) in [6.07, 6.45) is 0.584. The number of rotatable bonds is 5. The summed E-state index contributed by atoms with van der Waals surface area (Å²) < 4.78 is 24.9. The van der Waals surface area contributed by atoms with Crippen LogP contribution >= 0.6 is 0 Å². The number of hydrogen-bond acceptors (Lipinski definition) is 3. The zero-order valence-corrected chi connectivity index (χ0v) is 9.74. The summed E-state index contributed by atoms with van der Waals surface area (Å²) in [4.78, 5) is 0. The van der Waals surface area contributed by atoms with Crippen molar-refractivity contribution >= 4 is 15.9 Å². The zero-order valence-electron chi connectivity index (χ0n) is 8.92. The first-order valence-corrected chi connectivity index (χ1v) is 6.08. The van der Waals surface area contributed by atoms with Gasteiger partial charge in [0.1, 0.15) is 5.84 Å². The van der Waals surface area contributed by atoms with E-state index in [9.17, 15) is 8.42 Å². The third-order valence-electron chi connectivity index (χ3n) is 1.60. The average molecular weight is 221 g/mol. The van der Waals surface area contributed by atoms with E-state index in [1.54, 1.807) is 0 Å². The van der Waals surface area contributed by atoms with Gasteiger partial charge in [0.15, 0.2) is 0 Å². The van der Waals surface area contributed by atoms with Crippen molar-refractivity contribution in [1.29, 1.82) is 5.41 Å². The summed E-state index contributed by atoms with van der Waals surface area (Å²) in [5, 5.41) is 6.88. The molecule has 0 aliphatic rings. The van der Waals surface area contributed by atoms with Crippen molar-refractivity contribution in [2.24, 2.45) is 11.1 Å². The lowest BCUT2D eigenvalue weighted by molar-refractivity contribution is 0.396. The molecule has 0 spiro atoms. The topological polar surface area (TPSA) is 96.0 Å². The molecule has 0 aliphatic carbocycles. The molecule has 0 fully saturated rings. The van der Waals surface area contributed by atoms with Crippen molar-refractivity contribution in [1.82, 2.24) is 4.72 Å². The van der Waals surface area contributed by atoms with Crippen molar-refractivity contribution < 1.29 is 8.42 Å².